The number of nitrogens with zero attached hydrogens (tertiary/aromatic N) is 1. The smallest absolute Gasteiger partial charge is 0.258 e. The van der Waals surface area contributed by atoms with Crippen molar-refractivity contribution < 1.29 is 9.18 Å². The van der Waals surface area contributed by atoms with Crippen molar-refractivity contribution in [2.45, 2.75) is 6.92 Å². The van der Waals surface area contributed by atoms with Gasteiger partial charge in [0.2, 0.25) is 0 Å². The fourth-order valence-corrected chi connectivity index (χ4v) is 2.08. The first-order valence-electron chi connectivity index (χ1n) is 6.59. The van der Waals surface area contributed by atoms with Crippen molar-refractivity contribution in [2.75, 3.05) is 5.32 Å². The summed E-state index contributed by atoms with van der Waals surface area (Å²) in [4.78, 5) is 30.1. The molecule has 0 unspecified atom stereocenters. The van der Waals surface area contributed by atoms with Gasteiger partial charge < -0.3 is 10.3 Å². The first kappa shape index (κ1) is 13.9. The third-order valence-electron chi connectivity index (χ3n) is 3.29. The Balaban J connectivity index is 1.98. The number of anilines is 1. The summed E-state index contributed by atoms with van der Waals surface area (Å²) in [5.74, 6) is -1.09. The van der Waals surface area contributed by atoms with Crippen LogP contribution < -0.4 is 10.9 Å². The number of carbonyl (C=O) groups excluding carboxylic acids is 1. The maximum Gasteiger partial charge on any atom is 0.258 e. The van der Waals surface area contributed by atoms with Gasteiger partial charge in [-0.2, -0.15) is 0 Å². The van der Waals surface area contributed by atoms with Crippen LogP contribution in [0.3, 0.4) is 0 Å². The lowest BCUT2D eigenvalue weighted by molar-refractivity contribution is 0.102. The van der Waals surface area contributed by atoms with Crippen LogP contribution in [0, 0.1) is 12.7 Å². The van der Waals surface area contributed by atoms with Gasteiger partial charge >= 0.3 is 0 Å². The molecule has 0 radical (unpaired) electrons. The second kappa shape index (κ2) is 5.40. The molecule has 0 saturated heterocycles. The fourth-order valence-electron chi connectivity index (χ4n) is 2.08. The van der Waals surface area contributed by atoms with E-state index in [4.69, 9.17) is 0 Å². The first-order valence-corrected chi connectivity index (χ1v) is 6.59. The summed E-state index contributed by atoms with van der Waals surface area (Å²) in [6.45, 7) is 1.91. The van der Waals surface area contributed by atoms with Crippen LogP contribution in [0.2, 0.25) is 0 Å². The van der Waals surface area contributed by atoms with Gasteiger partial charge in [-0.1, -0.05) is 17.7 Å². The molecule has 0 spiro atoms. The Hall–Kier alpha value is -3.02. The maximum atomic E-state index is 14.0. The predicted molar refractivity (Wildman–Crippen MR) is 81.5 cm³/mol. The first-order chi connectivity index (χ1) is 10.5. The summed E-state index contributed by atoms with van der Waals surface area (Å²) >= 11 is 0. The topological polar surface area (TPSA) is 74.8 Å². The third-order valence-corrected chi connectivity index (χ3v) is 3.29. The van der Waals surface area contributed by atoms with Crippen LogP contribution in [0.5, 0.6) is 0 Å². The number of nitrogens with one attached hydrogen (secondary N) is 2. The largest absolute Gasteiger partial charge is 0.319 e. The molecule has 1 amide bonds. The molecule has 0 aliphatic heterocycles. The maximum absolute atomic E-state index is 14.0. The lowest BCUT2D eigenvalue weighted by Gasteiger charge is -2.08. The van der Waals surface area contributed by atoms with Crippen LogP contribution in [0.4, 0.5) is 10.1 Å². The van der Waals surface area contributed by atoms with Gasteiger partial charge in [-0.25, -0.2) is 9.37 Å². The summed E-state index contributed by atoms with van der Waals surface area (Å²) in [6.07, 6.45) is 1.20. The molecule has 5 nitrogen and oxygen atoms in total. The number of benzene rings is 2. The number of aromatic amines is 1. The second-order valence-corrected chi connectivity index (χ2v) is 4.90. The van der Waals surface area contributed by atoms with Gasteiger partial charge in [0.05, 0.1) is 22.9 Å². The van der Waals surface area contributed by atoms with Crippen molar-refractivity contribution in [2.24, 2.45) is 0 Å². The van der Waals surface area contributed by atoms with Gasteiger partial charge in [-0.3, -0.25) is 9.59 Å². The number of hydrogen-bond donors (Lipinski definition) is 2. The van der Waals surface area contributed by atoms with Crippen LogP contribution in [0.1, 0.15) is 15.9 Å². The van der Waals surface area contributed by atoms with E-state index < -0.39 is 17.3 Å². The number of H-pyrrole nitrogens is 1. The van der Waals surface area contributed by atoms with Crippen molar-refractivity contribution in [1.82, 2.24) is 9.97 Å². The van der Waals surface area contributed by atoms with Gasteiger partial charge in [-0.05, 0) is 25.1 Å². The fraction of sp³-hybridized carbons (Fsp3) is 0.0625. The molecule has 0 saturated carbocycles. The lowest BCUT2D eigenvalue weighted by atomic mass is 10.1. The Morgan fingerprint density at radius 2 is 1.95 bits per heavy atom. The minimum absolute atomic E-state index is 0.0587. The van der Waals surface area contributed by atoms with Crippen molar-refractivity contribution >= 4 is 22.5 Å². The molecule has 0 bridgehead atoms. The van der Waals surface area contributed by atoms with E-state index in [-0.39, 0.29) is 16.6 Å². The standard InChI is InChI=1S/C16H12FN3O2/c1-9-2-4-10(5-3-9)15(21)20-14-6-11-13(7-12(14)17)18-8-19-16(11)22/h2-8H,1H3,(H,20,21)(H,18,19,22). The van der Waals surface area contributed by atoms with Crippen LogP contribution >= 0.6 is 0 Å². The summed E-state index contributed by atoms with van der Waals surface area (Å²) in [5, 5.41) is 2.68. The molecule has 0 atom stereocenters. The quantitative estimate of drug-likeness (QED) is 0.763. The number of aryl methyl sites for hydroxylation is 1. The molecule has 1 aromatic heterocycles. The number of amides is 1. The molecule has 0 aliphatic carbocycles. The number of aromatic nitrogens is 2. The SMILES string of the molecule is Cc1ccc(C(=O)Nc2cc3c(=O)[nH]cnc3cc2F)cc1. The number of rotatable bonds is 2. The molecule has 2 aromatic carbocycles. The zero-order chi connectivity index (χ0) is 15.7. The van der Waals surface area contributed by atoms with Gasteiger partial charge in [0.25, 0.3) is 11.5 Å². The highest BCUT2D eigenvalue weighted by Gasteiger charge is 2.12. The van der Waals surface area contributed by atoms with E-state index in [1.165, 1.54) is 12.4 Å². The zero-order valence-electron chi connectivity index (χ0n) is 11.7. The van der Waals surface area contributed by atoms with E-state index in [0.29, 0.717) is 5.56 Å². The molecule has 3 rings (SSSR count). The molecule has 0 aliphatic rings. The number of halogens is 1. The van der Waals surface area contributed by atoms with Crippen molar-refractivity contribution in [3.05, 3.63) is 70.0 Å². The highest BCUT2D eigenvalue weighted by molar-refractivity contribution is 6.05. The summed E-state index contributed by atoms with van der Waals surface area (Å²) in [6, 6.07) is 9.29. The predicted octanol–water partition coefficient (Wildman–Crippen LogP) is 2.62. The lowest BCUT2D eigenvalue weighted by Crippen LogP contribution is -2.14. The van der Waals surface area contributed by atoms with Crippen LogP contribution in [-0.2, 0) is 0 Å². The van der Waals surface area contributed by atoms with E-state index >= 15 is 0 Å². The number of hydrogen-bond acceptors (Lipinski definition) is 3. The molecular formula is C16H12FN3O2. The normalized spacial score (nSPS) is 10.6. The minimum atomic E-state index is -0.647. The van der Waals surface area contributed by atoms with E-state index in [2.05, 4.69) is 15.3 Å². The van der Waals surface area contributed by atoms with Gasteiger partial charge in [-0.15, -0.1) is 0 Å². The second-order valence-electron chi connectivity index (χ2n) is 4.90. The molecule has 3 aromatic rings. The molecular weight excluding hydrogens is 285 g/mol. The highest BCUT2D eigenvalue weighted by atomic mass is 19.1. The van der Waals surface area contributed by atoms with E-state index in [1.54, 1.807) is 24.3 Å². The Morgan fingerprint density at radius 3 is 2.68 bits per heavy atom. The Labute approximate surface area is 124 Å². The van der Waals surface area contributed by atoms with E-state index in [9.17, 15) is 14.0 Å². The average molecular weight is 297 g/mol. The minimum Gasteiger partial charge on any atom is -0.319 e. The Kier molecular flexibility index (Phi) is 3.42. The number of fused-ring (bicyclic) bond motifs is 1. The van der Waals surface area contributed by atoms with Crippen LogP contribution in [0.25, 0.3) is 10.9 Å². The Morgan fingerprint density at radius 1 is 1.23 bits per heavy atom. The highest BCUT2D eigenvalue weighted by Crippen LogP contribution is 2.20. The molecule has 6 heteroatoms. The number of carbonyl (C=O) groups is 1. The zero-order valence-corrected chi connectivity index (χ0v) is 11.7. The van der Waals surface area contributed by atoms with Gasteiger partial charge in [0.1, 0.15) is 5.82 Å². The summed E-state index contributed by atoms with van der Waals surface area (Å²) in [7, 11) is 0. The molecule has 1 heterocycles. The molecule has 0 fully saturated rings. The van der Waals surface area contributed by atoms with E-state index in [1.807, 2.05) is 6.92 Å². The average Bonchev–Trinajstić information content (AvgIpc) is 2.49. The van der Waals surface area contributed by atoms with Crippen LogP contribution in [-0.4, -0.2) is 15.9 Å². The van der Waals surface area contributed by atoms with Crippen LogP contribution in [0.15, 0.2) is 47.5 Å². The van der Waals surface area contributed by atoms with Crippen molar-refractivity contribution in [3.63, 3.8) is 0 Å². The third kappa shape index (κ3) is 2.58. The van der Waals surface area contributed by atoms with Crippen molar-refractivity contribution in [3.8, 4) is 0 Å². The summed E-state index contributed by atoms with van der Waals surface area (Å²) < 4.78 is 14.0. The molecule has 110 valence electrons. The monoisotopic (exact) mass is 297 g/mol. The molecule has 2 N–H and O–H groups in total. The van der Waals surface area contributed by atoms with Crippen molar-refractivity contribution in [1.29, 1.82) is 0 Å². The van der Waals surface area contributed by atoms with Gasteiger partial charge in [0, 0.05) is 11.6 Å². The van der Waals surface area contributed by atoms with Gasteiger partial charge in [0.15, 0.2) is 0 Å². The Bertz CT molecular complexity index is 917. The molecule has 22 heavy (non-hydrogen) atoms. The van der Waals surface area contributed by atoms with E-state index in [0.717, 1.165) is 11.6 Å². The summed E-state index contributed by atoms with van der Waals surface area (Å²) in [5.41, 5.74) is 1.21.